The van der Waals surface area contributed by atoms with Crippen LogP contribution < -0.4 is 0 Å². The summed E-state index contributed by atoms with van der Waals surface area (Å²) in [5.41, 5.74) is 2.11. The first-order valence-electron chi connectivity index (χ1n) is 5.67. The number of benzene rings is 1. The van der Waals surface area contributed by atoms with Gasteiger partial charge in [-0.1, -0.05) is 40.2 Å². The number of esters is 1. The highest BCUT2D eigenvalue weighted by Gasteiger charge is 2.50. The third kappa shape index (κ3) is 1.34. The summed E-state index contributed by atoms with van der Waals surface area (Å²) < 4.78 is 5.69. The molecule has 1 saturated heterocycles. The maximum Gasteiger partial charge on any atom is 0.306 e. The summed E-state index contributed by atoms with van der Waals surface area (Å²) in [6.45, 7) is 0. The molecule has 3 rings (SSSR count). The molecule has 0 N–H and O–H groups in total. The number of hydrogen-bond donors (Lipinski definition) is 0. The van der Waals surface area contributed by atoms with Crippen molar-refractivity contribution in [2.24, 2.45) is 0 Å². The fourth-order valence-electron chi connectivity index (χ4n) is 2.85. The quantitative estimate of drug-likeness (QED) is 0.540. The van der Waals surface area contributed by atoms with E-state index in [2.05, 4.69) is 28.1 Å². The van der Waals surface area contributed by atoms with Gasteiger partial charge in [0.15, 0.2) is 5.60 Å². The lowest BCUT2D eigenvalue weighted by Crippen LogP contribution is -2.40. The maximum atomic E-state index is 11.5. The molecule has 0 unspecified atom stereocenters. The summed E-state index contributed by atoms with van der Waals surface area (Å²) >= 11 is 3.69. The highest BCUT2D eigenvalue weighted by atomic mass is 79.9. The molecule has 1 aromatic carbocycles. The van der Waals surface area contributed by atoms with Crippen molar-refractivity contribution in [2.75, 3.05) is 0 Å². The molecule has 84 valence electrons. The Labute approximate surface area is 103 Å². The number of carbonyl (C=O) groups excluding carboxylic acids is 1. The van der Waals surface area contributed by atoms with Crippen LogP contribution in [0.4, 0.5) is 0 Å². The standard InChI is InChI=1S/C13H13BrO2/c14-11-8-9-4-1-2-5-10(9)13(11)7-3-6-12(15)16-13/h1-2,4-5,11H,3,6-8H2/t11-,13+/m0/s1. The molecule has 16 heavy (non-hydrogen) atoms. The van der Waals surface area contributed by atoms with Crippen LogP contribution in [0.25, 0.3) is 0 Å². The zero-order chi connectivity index (χ0) is 11.2. The molecule has 1 heterocycles. The van der Waals surface area contributed by atoms with Crippen molar-refractivity contribution < 1.29 is 9.53 Å². The fourth-order valence-corrected chi connectivity index (χ4v) is 3.77. The first kappa shape index (κ1) is 10.3. The minimum absolute atomic E-state index is 0.0626. The van der Waals surface area contributed by atoms with Gasteiger partial charge in [0.25, 0.3) is 0 Å². The van der Waals surface area contributed by atoms with Gasteiger partial charge in [-0.2, -0.15) is 0 Å². The van der Waals surface area contributed by atoms with E-state index in [1.165, 1.54) is 11.1 Å². The van der Waals surface area contributed by atoms with E-state index in [1.807, 2.05) is 12.1 Å². The van der Waals surface area contributed by atoms with Crippen LogP contribution in [-0.4, -0.2) is 10.8 Å². The zero-order valence-corrected chi connectivity index (χ0v) is 10.5. The van der Waals surface area contributed by atoms with Gasteiger partial charge in [0.05, 0.1) is 4.83 Å². The van der Waals surface area contributed by atoms with Gasteiger partial charge in [-0.05, 0) is 30.4 Å². The van der Waals surface area contributed by atoms with E-state index >= 15 is 0 Å². The number of rotatable bonds is 0. The lowest BCUT2D eigenvalue weighted by Gasteiger charge is -2.36. The van der Waals surface area contributed by atoms with Crippen LogP contribution >= 0.6 is 15.9 Å². The molecule has 1 aromatic rings. The van der Waals surface area contributed by atoms with Crippen molar-refractivity contribution in [2.45, 2.75) is 36.1 Å². The van der Waals surface area contributed by atoms with Gasteiger partial charge in [0, 0.05) is 6.42 Å². The summed E-state index contributed by atoms with van der Waals surface area (Å²) in [7, 11) is 0. The van der Waals surface area contributed by atoms with E-state index in [0.717, 1.165) is 19.3 Å². The third-order valence-corrected chi connectivity index (χ3v) is 4.67. The molecule has 0 bridgehead atoms. The molecule has 0 amide bonds. The van der Waals surface area contributed by atoms with E-state index in [0.29, 0.717) is 6.42 Å². The van der Waals surface area contributed by atoms with Crippen LogP contribution in [0.1, 0.15) is 30.4 Å². The highest BCUT2D eigenvalue weighted by molar-refractivity contribution is 9.09. The number of hydrogen-bond acceptors (Lipinski definition) is 2. The maximum absolute atomic E-state index is 11.5. The molecule has 0 aromatic heterocycles. The zero-order valence-electron chi connectivity index (χ0n) is 8.91. The lowest BCUT2D eigenvalue weighted by atomic mass is 9.88. The van der Waals surface area contributed by atoms with Gasteiger partial charge in [0.2, 0.25) is 0 Å². The molecule has 2 atom stereocenters. The molecule has 1 spiro atoms. The minimum atomic E-state index is -0.397. The van der Waals surface area contributed by atoms with E-state index in [1.54, 1.807) is 0 Å². The molecule has 1 aliphatic heterocycles. The first-order valence-corrected chi connectivity index (χ1v) is 6.58. The molecule has 2 aliphatic rings. The van der Waals surface area contributed by atoms with Crippen molar-refractivity contribution >= 4 is 21.9 Å². The van der Waals surface area contributed by atoms with Crippen LogP contribution in [-0.2, 0) is 21.6 Å². The van der Waals surface area contributed by atoms with Crippen molar-refractivity contribution in [3.05, 3.63) is 35.4 Å². The number of halogens is 1. The Balaban J connectivity index is 2.09. The van der Waals surface area contributed by atoms with Crippen molar-refractivity contribution in [1.82, 2.24) is 0 Å². The smallest absolute Gasteiger partial charge is 0.306 e. The average Bonchev–Trinajstić information content (AvgIpc) is 2.53. The monoisotopic (exact) mass is 280 g/mol. The normalized spacial score (nSPS) is 32.6. The highest BCUT2D eigenvalue weighted by Crippen LogP contribution is 2.49. The number of ether oxygens (including phenoxy) is 1. The van der Waals surface area contributed by atoms with Gasteiger partial charge in [0.1, 0.15) is 0 Å². The average molecular weight is 281 g/mol. The second-order valence-electron chi connectivity index (χ2n) is 4.55. The Hall–Kier alpha value is -0.830. The third-order valence-electron chi connectivity index (χ3n) is 3.60. The first-order chi connectivity index (χ1) is 7.72. The Kier molecular flexibility index (Phi) is 2.32. The van der Waals surface area contributed by atoms with Crippen molar-refractivity contribution in [3.63, 3.8) is 0 Å². The summed E-state index contributed by atoms with van der Waals surface area (Å²) in [5.74, 6) is -0.0626. The van der Waals surface area contributed by atoms with Gasteiger partial charge in [-0.25, -0.2) is 0 Å². The molecule has 0 radical (unpaired) electrons. The minimum Gasteiger partial charge on any atom is -0.453 e. The van der Waals surface area contributed by atoms with Crippen molar-refractivity contribution in [3.8, 4) is 0 Å². The summed E-state index contributed by atoms with van der Waals surface area (Å²) in [6.07, 6.45) is 3.37. The van der Waals surface area contributed by atoms with Crippen LogP contribution in [0.5, 0.6) is 0 Å². The summed E-state index contributed by atoms with van der Waals surface area (Å²) in [5, 5.41) is 0. The predicted octanol–water partition coefficient (Wildman–Crippen LogP) is 2.93. The molecule has 2 nitrogen and oxygen atoms in total. The van der Waals surface area contributed by atoms with Gasteiger partial charge in [-0.3, -0.25) is 4.79 Å². The van der Waals surface area contributed by atoms with E-state index in [9.17, 15) is 4.79 Å². The number of alkyl halides is 1. The van der Waals surface area contributed by atoms with Gasteiger partial charge in [-0.15, -0.1) is 0 Å². The van der Waals surface area contributed by atoms with Crippen LogP contribution in [0.15, 0.2) is 24.3 Å². The van der Waals surface area contributed by atoms with E-state index in [4.69, 9.17) is 4.74 Å². The van der Waals surface area contributed by atoms with E-state index in [-0.39, 0.29) is 10.8 Å². The molecule has 1 fully saturated rings. The molecule has 0 saturated carbocycles. The molecular weight excluding hydrogens is 268 g/mol. The second-order valence-corrected chi connectivity index (χ2v) is 5.65. The Morgan fingerprint density at radius 2 is 2.19 bits per heavy atom. The number of carbonyl (C=O) groups is 1. The van der Waals surface area contributed by atoms with Gasteiger partial charge >= 0.3 is 5.97 Å². The topological polar surface area (TPSA) is 26.3 Å². The largest absolute Gasteiger partial charge is 0.453 e. The molecule has 1 aliphatic carbocycles. The predicted molar refractivity (Wildman–Crippen MR) is 64.5 cm³/mol. The van der Waals surface area contributed by atoms with Crippen molar-refractivity contribution in [1.29, 1.82) is 0 Å². The van der Waals surface area contributed by atoms with Crippen LogP contribution in [0, 0.1) is 0 Å². The fraction of sp³-hybridized carbons (Fsp3) is 0.462. The Morgan fingerprint density at radius 3 is 3.00 bits per heavy atom. The van der Waals surface area contributed by atoms with Gasteiger partial charge < -0.3 is 4.74 Å². The molecule has 3 heteroatoms. The Morgan fingerprint density at radius 1 is 1.38 bits per heavy atom. The lowest BCUT2D eigenvalue weighted by molar-refractivity contribution is -0.167. The second kappa shape index (κ2) is 3.59. The summed E-state index contributed by atoms with van der Waals surface area (Å²) in [6, 6.07) is 8.28. The Bertz CT molecular complexity index is 443. The van der Waals surface area contributed by atoms with E-state index < -0.39 is 5.60 Å². The van der Waals surface area contributed by atoms with Crippen LogP contribution in [0.2, 0.25) is 0 Å². The summed E-state index contributed by atoms with van der Waals surface area (Å²) in [4.78, 5) is 11.8. The SMILES string of the molecule is O=C1CCC[C@@]2(O1)c1ccccc1C[C@@H]2Br. The number of fused-ring (bicyclic) bond motifs is 2. The van der Waals surface area contributed by atoms with Crippen LogP contribution in [0.3, 0.4) is 0 Å². The molecular formula is C13H13BrO2.